The largest absolute Gasteiger partial charge is 0.507 e. The van der Waals surface area contributed by atoms with Crippen LogP contribution in [0.2, 0.25) is 0 Å². The number of phenolic OH excluding ortho intramolecular Hbond substituents is 1. The Morgan fingerprint density at radius 3 is 2.50 bits per heavy atom. The molecule has 0 spiro atoms. The average molecular weight is 222 g/mol. The number of benzene rings is 1. The first-order valence-electron chi connectivity index (χ1n) is 5.03. The zero-order valence-electron chi connectivity index (χ0n) is 9.27. The smallest absolute Gasteiger partial charge is 0.349 e. The fourth-order valence-electron chi connectivity index (χ4n) is 1.18. The average Bonchev–Trinajstić information content (AvgIpc) is 2.16. The maximum Gasteiger partial charge on any atom is 0.349 e. The van der Waals surface area contributed by atoms with E-state index in [2.05, 4.69) is 4.74 Å². The Kier molecular flexibility index (Phi) is 4.05. The zero-order valence-corrected chi connectivity index (χ0v) is 9.27. The second-order valence-corrected chi connectivity index (χ2v) is 3.88. The highest BCUT2D eigenvalue weighted by Crippen LogP contribution is 2.17. The lowest BCUT2D eigenvalue weighted by Crippen LogP contribution is -2.14. The number of hydrogen-bond donors (Lipinski definition) is 1. The number of hydrogen-bond acceptors (Lipinski definition) is 4. The fraction of sp³-hybridized carbons (Fsp3) is 0.333. The second-order valence-electron chi connectivity index (χ2n) is 3.88. The Morgan fingerprint density at radius 2 is 1.94 bits per heavy atom. The number of aromatic hydroxyl groups is 1. The minimum atomic E-state index is -0.816. The lowest BCUT2D eigenvalue weighted by atomic mass is 10.1. The normalized spacial score (nSPS) is 10.2. The van der Waals surface area contributed by atoms with E-state index in [9.17, 15) is 14.7 Å². The van der Waals surface area contributed by atoms with E-state index in [0.717, 1.165) is 0 Å². The first-order chi connectivity index (χ1) is 7.50. The fourth-order valence-corrected chi connectivity index (χ4v) is 1.18. The van der Waals surface area contributed by atoms with Crippen molar-refractivity contribution in [3.05, 3.63) is 29.8 Å². The molecule has 4 heteroatoms. The third-order valence-electron chi connectivity index (χ3n) is 1.91. The summed E-state index contributed by atoms with van der Waals surface area (Å²) in [5.74, 6) is -1.46. The highest BCUT2D eigenvalue weighted by Gasteiger charge is 2.16. The standard InChI is InChI=1S/C12H14O4/c1-8(2)7-11(14)16-12(15)9-5-3-4-6-10(9)13/h3-6,8,13H,7H2,1-2H3. The summed E-state index contributed by atoms with van der Waals surface area (Å²) in [6, 6.07) is 5.94. The molecule has 16 heavy (non-hydrogen) atoms. The molecule has 1 aromatic carbocycles. The molecule has 0 bridgehead atoms. The SMILES string of the molecule is CC(C)CC(=O)OC(=O)c1ccccc1O. The van der Waals surface area contributed by atoms with Gasteiger partial charge in [-0.25, -0.2) is 4.79 Å². The van der Waals surface area contributed by atoms with Gasteiger partial charge in [0.25, 0.3) is 0 Å². The Bertz CT molecular complexity index is 396. The number of esters is 2. The van der Waals surface area contributed by atoms with E-state index in [-0.39, 0.29) is 23.7 Å². The highest BCUT2D eigenvalue weighted by atomic mass is 16.6. The topological polar surface area (TPSA) is 63.6 Å². The monoisotopic (exact) mass is 222 g/mol. The number of para-hydroxylation sites is 1. The van der Waals surface area contributed by atoms with Gasteiger partial charge in [-0.2, -0.15) is 0 Å². The van der Waals surface area contributed by atoms with Gasteiger partial charge in [-0.15, -0.1) is 0 Å². The summed E-state index contributed by atoms with van der Waals surface area (Å²) in [4.78, 5) is 22.7. The maximum absolute atomic E-state index is 11.5. The number of rotatable bonds is 3. The van der Waals surface area contributed by atoms with Crippen molar-refractivity contribution in [2.75, 3.05) is 0 Å². The molecule has 1 N–H and O–H groups in total. The Morgan fingerprint density at radius 1 is 1.31 bits per heavy atom. The Balaban J connectivity index is 2.66. The van der Waals surface area contributed by atoms with Crippen LogP contribution in [0.15, 0.2) is 24.3 Å². The number of ether oxygens (including phenoxy) is 1. The Hall–Kier alpha value is -1.84. The maximum atomic E-state index is 11.5. The van der Waals surface area contributed by atoms with Gasteiger partial charge in [0.15, 0.2) is 0 Å². The number of carbonyl (C=O) groups is 2. The van der Waals surface area contributed by atoms with Crippen molar-refractivity contribution in [3.8, 4) is 5.75 Å². The van der Waals surface area contributed by atoms with E-state index >= 15 is 0 Å². The van der Waals surface area contributed by atoms with Crippen LogP contribution in [0.3, 0.4) is 0 Å². The van der Waals surface area contributed by atoms with E-state index in [1.54, 1.807) is 12.1 Å². The van der Waals surface area contributed by atoms with Crippen LogP contribution in [-0.2, 0) is 9.53 Å². The van der Waals surface area contributed by atoms with E-state index < -0.39 is 11.9 Å². The van der Waals surface area contributed by atoms with Crippen LogP contribution in [0, 0.1) is 5.92 Å². The van der Waals surface area contributed by atoms with Crippen molar-refractivity contribution in [3.63, 3.8) is 0 Å². The molecule has 0 atom stereocenters. The first kappa shape index (κ1) is 12.2. The minimum absolute atomic E-state index is 0.000365. The Labute approximate surface area is 93.9 Å². The molecule has 86 valence electrons. The molecule has 1 aromatic rings. The zero-order chi connectivity index (χ0) is 12.1. The van der Waals surface area contributed by atoms with Gasteiger partial charge in [-0.3, -0.25) is 4.79 Å². The molecule has 0 unspecified atom stereocenters. The molecule has 0 heterocycles. The summed E-state index contributed by atoms with van der Waals surface area (Å²) in [6.45, 7) is 3.71. The van der Waals surface area contributed by atoms with Crippen LogP contribution < -0.4 is 0 Å². The summed E-state index contributed by atoms with van der Waals surface area (Å²) >= 11 is 0. The van der Waals surface area contributed by atoms with Crippen LogP contribution >= 0.6 is 0 Å². The van der Waals surface area contributed by atoms with Gasteiger partial charge < -0.3 is 9.84 Å². The van der Waals surface area contributed by atoms with Crippen LogP contribution in [0.5, 0.6) is 5.75 Å². The van der Waals surface area contributed by atoms with Crippen LogP contribution in [0.25, 0.3) is 0 Å². The van der Waals surface area contributed by atoms with E-state index in [4.69, 9.17) is 0 Å². The molecule has 0 saturated carbocycles. The van der Waals surface area contributed by atoms with Crippen molar-refractivity contribution in [1.82, 2.24) is 0 Å². The van der Waals surface area contributed by atoms with Gasteiger partial charge >= 0.3 is 11.9 Å². The van der Waals surface area contributed by atoms with Crippen molar-refractivity contribution in [2.45, 2.75) is 20.3 Å². The van der Waals surface area contributed by atoms with Gasteiger partial charge in [0.1, 0.15) is 11.3 Å². The van der Waals surface area contributed by atoms with E-state index in [0.29, 0.717) is 0 Å². The summed E-state index contributed by atoms with van der Waals surface area (Å²) in [7, 11) is 0. The lowest BCUT2D eigenvalue weighted by molar-refractivity contribution is -0.138. The van der Waals surface area contributed by atoms with Crippen LogP contribution in [0.4, 0.5) is 0 Å². The van der Waals surface area contributed by atoms with E-state index in [1.807, 2.05) is 13.8 Å². The molecule has 0 aromatic heterocycles. The summed E-state index contributed by atoms with van der Waals surface area (Å²) in [5.41, 5.74) is -0.000365. The summed E-state index contributed by atoms with van der Waals surface area (Å²) in [5, 5.41) is 9.36. The molecule has 0 aliphatic carbocycles. The highest BCUT2D eigenvalue weighted by molar-refractivity contribution is 5.98. The van der Waals surface area contributed by atoms with Crippen molar-refractivity contribution in [1.29, 1.82) is 0 Å². The molecule has 4 nitrogen and oxygen atoms in total. The van der Waals surface area contributed by atoms with Crippen molar-refractivity contribution < 1.29 is 19.4 Å². The quantitative estimate of drug-likeness (QED) is 0.628. The molecule has 0 amide bonds. The third kappa shape index (κ3) is 3.38. The summed E-state index contributed by atoms with van der Waals surface area (Å²) < 4.78 is 4.59. The van der Waals surface area contributed by atoms with Gasteiger partial charge in [-0.1, -0.05) is 26.0 Å². The molecule has 0 aliphatic rings. The van der Waals surface area contributed by atoms with Gasteiger partial charge in [0.2, 0.25) is 0 Å². The predicted octanol–water partition coefficient (Wildman–Crippen LogP) is 2.12. The summed E-state index contributed by atoms with van der Waals surface area (Å²) in [6.07, 6.45) is 0.180. The molecule has 0 fully saturated rings. The van der Waals surface area contributed by atoms with Crippen molar-refractivity contribution >= 4 is 11.9 Å². The molecule has 1 rings (SSSR count). The van der Waals surface area contributed by atoms with Gasteiger partial charge in [0, 0.05) is 6.42 Å². The molecule has 0 aliphatic heterocycles. The van der Waals surface area contributed by atoms with Crippen LogP contribution in [-0.4, -0.2) is 17.0 Å². The number of phenols is 1. The molecule has 0 saturated heterocycles. The van der Waals surface area contributed by atoms with Gasteiger partial charge in [0.05, 0.1) is 0 Å². The predicted molar refractivity (Wildman–Crippen MR) is 58.0 cm³/mol. The van der Waals surface area contributed by atoms with Gasteiger partial charge in [-0.05, 0) is 18.1 Å². The van der Waals surface area contributed by atoms with E-state index in [1.165, 1.54) is 12.1 Å². The second kappa shape index (κ2) is 5.30. The molecule has 0 radical (unpaired) electrons. The number of carbonyl (C=O) groups excluding carboxylic acids is 2. The van der Waals surface area contributed by atoms with Crippen molar-refractivity contribution in [2.24, 2.45) is 5.92 Å². The lowest BCUT2D eigenvalue weighted by Gasteiger charge is -2.05. The molecular weight excluding hydrogens is 208 g/mol. The third-order valence-corrected chi connectivity index (χ3v) is 1.91. The first-order valence-corrected chi connectivity index (χ1v) is 5.03. The van der Waals surface area contributed by atoms with Crippen LogP contribution in [0.1, 0.15) is 30.6 Å². The minimum Gasteiger partial charge on any atom is -0.507 e. The molecular formula is C12H14O4.